The number of phenols is 1. The Morgan fingerprint density at radius 2 is 2.35 bits per heavy atom. The van der Waals surface area contributed by atoms with E-state index in [0.717, 1.165) is 25.1 Å². The first-order chi connectivity index (χ1) is 8.15. The predicted octanol–water partition coefficient (Wildman–Crippen LogP) is 2.19. The lowest BCUT2D eigenvalue weighted by Crippen LogP contribution is -2.39. The zero-order valence-electron chi connectivity index (χ0n) is 10.2. The largest absolute Gasteiger partial charge is 0.508 e. The van der Waals surface area contributed by atoms with Crippen LogP contribution in [0.25, 0.3) is 0 Å². The second-order valence-electron chi connectivity index (χ2n) is 4.93. The first-order valence-electron chi connectivity index (χ1n) is 6.21. The standard InChI is InChI=1S/C14H19NO2/c1-11-4-3-7-15(10-11)14(17)9-12-5-2-6-13(16)8-12/h2,5-6,8,11,16H,3-4,7,9-10H2,1H3. The van der Waals surface area contributed by atoms with Crippen LogP contribution in [0.5, 0.6) is 5.75 Å². The lowest BCUT2D eigenvalue weighted by Gasteiger charge is -2.31. The van der Waals surface area contributed by atoms with Crippen LogP contribution in [-0.4, -0.2) is 29.0 Å². The molecule has 92 valence electrons. The highest BCUT2D eigenvalue weighted by atomic mass is 16.3. The number of aromatic hydroxyl groups is 1. The Morgan fingerprint density at radius 1 is 1.53 bits per heavy atom. The van der Waals surface area contributed by atoms with Crippen LogP contribution in [0.1, 0.15) is 25.3 Å². The number of benzene rings is 1. The molecule has 1 unspecified atom stereocenters. The third-order valence-corrected chi connectivity index (χ3v) is 3.28. The second kappa shape index (κ2) is 5.21. The Morgan fingerprint density at radius 3 is 3.06 bits per heavy atom. The van der Waals surface area contributed by atoms with Gasteiger partial charge in [0.1, 0.15) is 5.75 Å². The number of piperidine rings is 1. The van der Waals surface area contributed by atoms with Crippen LogP contribution in [-0.2, 0) is 11.2 Å². The Bertz CT molecular complexity index is 403. The quantitative estimate of drug-likeness (QED) is 0.850. The molecule has 0 spiro atoms. The lowest BCUT2D eigenvalue weighted by atomic mass is 9.99. The first-order valence-corrected chi connectivity index (χ1v) is 6.21. The zero-order valence-corrected chi connectivity index (χ0v) is 10.2. The van der Waals surface area contributed by atoms with Crippen LogP contribution in [0.3, 0.4) is 0 Å². The van der Waals surface area contributed by atoms with Crippen LogP contribution >= 0.6 is 0 Å². The summed E-state index contributed by atoms with van der Waals surface area (Å²) in [7, 11) is 0. The van der Waals surface area contributed by atoms with Gasteiger partial charge in [0.15, 0.2) is 0 Å². The molecule has 0 radical (unpaired) electrons. The van der Waals surface area contributed by atoms with Crippen molar-refractivity contribution < 1.29 is 9.90 Å². The van der Waals surface area contributed by atoms with Gasteiger partial charge < -0.3 is 10.0 Å². The summed E-state index contributed by atoms with van der Waals surface area (Å²) in [5.74, 6) is 1.00. The molecule has 1 saturated heterocycles. The fraction of sp³-hybridized carbons (Fsp3) is 0.500. The maximum Gasteiger partial charge on any atom is 0.227 e. The molecule has 0 aromatic heterocycles. The monoisotopic (exact) mass is 233 g/mol. The SMILES string of the molecule is CC1CCCN(C(=O)Cc2cccc(O)c2)C1. The van der Waals surface area contributed by atoms with Crippen molar-refractivity contribution >= 4 is 5.91 Å². The minimum atomic E-state index is 0.169. The van der Waals surface area contributed by atoms with Crippen molar-refractivity contribution in [2.45, 2.75) is 26.2 Å². The van der Waals surface area contributed by atoms with Crippen molar-refractivity contribution in [3.8, 4) is 5.75 Å². The van der Waals surface area contributed by atoms with E-state index in [1.165, 1.54) is 6.42 Å². The average Bonchev–Trinajstić information content (AvgIpc) is 2.29. The fourth-order valence-corrected chi connectivity index (χ4v) is 2.37. The van der Waals surface area contributed by atoms with E-state index in [4.69, 9.17) is 0 Å². The summed E-state index contributed by atoms with van der Waals surface area (Å²) in [6.07, 6.45) is 2.71. The smallest absolute Gasteiger partial charge is 0.227 e. The topological polar surface area (TPSA) is 40.5 Å². The molecule has 1 aromatic carbocycles. The van der Waals surface area contributed by atoms with Crippen LogP contribution < -0.4 is 0 Å². The molecule has 0 aliphatic carbocycles. The van der Waals surface area contributed by atoms with Gasteiger partial charge in [-0.15, -0.1) is 0 Å². The number of hydrogen-bond donors (Lipinski definition) is 1. The van der Waals surface area contributed by atoms with Gasteiger partial charge in [-0.1, -0.05) is 19.1 Å². The molecule has 1 aromatic rings. The molecule has 1 N–H and O–H groups in total. The summed E-state index contributed by atoms with van der Waals surface area (Å²) in [4.78, 5) is 14.0. The molecule has 1 aliphatic heterocycles. The Labute approximate surface area is 102 Å². The normalized spacial score (nSPS) is 20.3. The van der Waals surface area contributed by atoms with Gasteiger partial charge in [-0.25, -0.2) is 0 Å². The Hall–Kier alpha value is -1.51. The van der Waals surface area contributed by atoms with Gasteiger partial charge in [0.25, 0.3) is 0 Å². The van der Waals surface area contributed by atoms with Crippen molar-refractivity contribution in [3.05, 3.63) is 29.8 Å². The van der Waals surface area contributed by atoms with Gasteiger partial charge in [0, 0.05) is 13.1 Å². The maximum absolute atomic E-state index is 12.1. The summed E-state index contributed by atoms with van der Waals surface area (Å²) in [5.41, 5.74) is 0.883. The Kier molecular flexibility index (Phi) is 3.67. The number of rotatable bonds is 2. The number of hydrogen-bond acceptors (Lipinski definition) is 2. The van der Waals surface area contributed by atoms with E-state index in [1.807, 2.05) is 11.0 Å². The van der Waals surface area contributed by atoms with Gasteiger partial charge in [-0.3, -0.25) is 4.79 Å². The summed E-state index contributed by atoms with van der Waals surface area (Å²) < 4.78 is 0. The van der Waals surface area contributed by atoms with Crippen LogP contribution in [0, 0.1) is 5.92 Å². The first kappa shape index (κ1) is 12.0. The molecule has 0 saturated carbocycles. The Balaban J connectivity index is 1.96. The summed E-state index contributed by atoms with van der Waals surface area (Å²) >= 11 is 0. The number of amides is 1. The molecule has 1 heterocycles. The van der Waals surface area contributed by atoms with Gasteiger partial charge in [-0.2, -0.15) is 0 Å². The highest BCUT2D eigenvalue weighted by molar-refractivity contribution is 5.79. The molecule has 1 atom stereocenters. The van der Waals surface area contributed by atoms with Gasteiger partial charge in [0.05, 0.1) is 6.42 Å². The van der Waals surface area contributed by atoms with E-state index >= 15 is 0 Å². The fourth-order valence-electron chi connectivity index (χ4n) is 2.37. The van der Waals surface area contributed by atoms with Crippen molar-refractivity contribution in [2.24, 2.45) is 5.92 Å². The van der Waals surface area contributed by atoms with E-state index in [9.17, 15) is 9.90 Å². The van der Waals surface area contributed by atoms with Crippen LogP contribution in [0.15, 0.2) is 24.3 Å². The highest BCUT2D eigenvalue weighted by Crippen LogP contribution is 2.17. The van der Waals surface area contributed by atoms with Gasteiger partial charge >= 0.3 is 0 Å². The lowest BCUT2D eigenvalue weighted by molar-refractivity contribution is -0.132. The molecule has 3 heteroatoms. The highest BCUT2D eigenvalue weighted by Gasteiger charge is 2.20. The molecule has 2 rings (SSSR count). The number of phenolic OH excluding ortho intramolecular Hbond substituents is 1. The van der Waals surface area contributed by atoms with Crippen molar-refractivity contribution in [1.29, 1.82) is 0 Å². The zero-order chi connectivity index (χ0) is 12.3. The average molecular weight is 233 g/mol. The third-order valence-electron chi connectivity index (χ3n) is 3.28. The van der Waals surface area contributed by atoms with E-state index in [-0.39, 0.29) is 11.7 Å². The number of nitrogens with zero attached hydrogens (tertiary/aromatic N) is 1. The molecule has 17 heavy (non-hydrogen) atoms. The van der Waals surface area contributed by atoms with Gasteiger partial charge in [0.2, 0.25) is 5.91 Å². The van der Waals surface area contributed by atoms with Crippen molar-refractivity contribution in [1.82, 2.24) is 4.90 Å². The molecule has 1 aliphatic rings. The van der Waals surface area contributed by atoms with Gasteiger partial charge in [-0.05, 0) is 36.5 Å². The second-order valence-corrected chi connectivity index (χ2v) is 4.93. The summed E-state index contributed by atoms with van der Waals surface area (Å²) in [6, 6.07) is 6.93. The van der Waals surface area contributed by atoms with Crippen LogP contribution in [0.4, 0.5) is 0 Å². The number of carbonyl (C=O) groups excluding carboxylic acids is 1. The number of likely N-dealkylation sites (tertiary alicyclic amines) is 1. The van der Waals surface area contributed by atoms with E-state index < -0.39 is 0 Å². The minimum absolute atomic E-state index is 0.169. The summed E-state index contributed by atoms with van der Waals surface area (Å²) in [6.45, 7) is 3.94. The van der Waals surface area contributed by atoms with E-state index in [0.29, 0.717) is 12.3 Å². The molecule has 1 amide bonds. The van der Waals surface area contributed by atoms with Crippen LogP contribution in [0.2, 0.25) is 0 Å². The molecular weight excluding hydrogens is 214 g/mol. The molecule has 0 bridgehead atoms. The molecule has 3 nitrogen and oxygen atoms in total. The molecule has 1 fully saturated rings. The molecular formula is C14H19NO2. The van der Waals surface area contributed by atoms with Crippen molar-refractivity contribution in [2.75, 3.05) is 13.1 Å². The van der Waals surface area contributed by atoms with E-state index in [2.05, 4.69) is 6.92 Å². The predicted molar refractivity (Wildman–Crippen MR) is 66.8 cm³/mol. The van der Waals surface area contributed by atoms with Crippen molar-refractivity contribution in [3.63, 3.8) is 0 Å². The minimum Gasteiger partial charge on any atom is -0.508 e. The summed E-state index contributed by atoms with van der Waals surface area (Å²) in [5, 5.41) is 9.35. The van der Waals surface area contributed by atoms with E-state index in [1.54, 1.807) is 18.2 Å². The number of carbonyl (C=O) groups is 1. The maximum atomic E-state index is 12.1. The third kappa shape index (κ3) is 3.22.